The van der Waals surface area contributed by atoms with Gasteiger partial charge in [-0.25, -0.2) is 4.39 Å². The molecule has 3 aromatic rings. The first kappa shape index (κ1) is 15.9. The number of fused-ring (bicyclic) bond motifs is 1. The van der Waals surface area contributed by atoms with Crippen LogP contribution in [-0.2, 0) is 0 Å². The number of benzene rings is 2. The maximum atomic E-state index is 14.2. The van der Waals surface area contributed by atoms with Gasteiger partial charge < -0.3 is 11.5 Å². The van der Waals surface area contributed by atoms with Gasteiger partial charge >= 0.3 is 0 Å². The third-order valence-corrected chi connectivity index (χ3v) is 3.63. The zero-order valence-corrected chi connectivity index (χ0v) is 13.1. The number of guanidine groups is 1. The highest BCUT2D eigenvalue weighted by atomic mass is 35.5. The average Bonchev–Trinajstić information content (AvgIpc) is 2.53. The van der Waals surface area contributed by atoms with E-state index in [1.165, 1.54) is 12.3 Å². The van der Waals surface area contributed by atoms with Gasteiger partial charge in [0, 0.05) is 17.3 Å². The monoisotopic (exact) mass is 342 g/mol. The summed E-state index contributed by atoms with van der Waals surface area (Å²) >= 11 is 5.75. The third kappa shape index (κ3) is 3.04. The van der Waals surface area contributed by atoms with Crippen LogP contribution in [0.5, 0.6) is 0 Å². The SMILES string of the molecule is NC(N)=NC(=O)c1ccc2cccc(-c3ncc(Cl)cc3F)c2c1. The van der Waals surface area contributed by atoms with Crippen LogP contribution in [0.2, 0.25) is 5.02 Å². The fourth-order valence-electron chi connectivity index (χ4n) is 2.41. The number of aromatic nitrogens is 1. The van der Waals surface area contributed by atoms with Gasteiger partial charge in [0.1, 0.15) is 5.69 Å². The van der Waals surface area contributed by atoms with Gasteiger partial charge in [0.15, 0.2) is 11.8 Å². The average molecular weight is 343 g/mol. The Hall–Kier alpha value is -2.99. The first-order chi connectivity index (χ1) is 11.5. The van der Waals surface area contributed by atoms with E-state index < -0.39 is 11.7 Å². The van der Waals surface area contributed by atoms with E-state index in [-0.39, 0.29) is 22.2 Å². The van der Waals surface area contributed by atoms with E-state index in [1.54, 1.807) is 30.3 Å². The van der Waals surface area contributed by atoms with Gasteiger partial charge in [0.25, 0.3) is 5.91 Å². The maximum absolute atomic E-state index is 14.2. The maximum Gasteiger partial charge on any atom is 0.280 e. The summed E-state index contributed by atoms with van der Waals surface area (Å²) in [7, 11) is 0. The highest BCUT2D eigenvalue weighted by Gasteiger charge is 2.13. The van der Waals surface area contributed by atoms with Gasteiger partial charge in [-0.15, -0.1) is 0 Å². The van der Waals surface area contributed by atoms with Crippen LogP contribution in [0.3, 0.4) is 0 Å². The summed E-state index contributed by atoms with van der Waals surface area (Å²) in [5, 5.41) is 1.69. The second-order valence-electron chi connectivity index (χ2n) is 5.07. The van der Waals surface area contributed by atoms with Crippen molar-refractivity contribution < 1.29 is 9.18 Å². The Labute approximate surface area is 141 Å². The summed E-state index contributed by atoms with van der Waals surface area (Å²) in [6.45, 7) is 0. The molecular weight excluding hydrogens is 331 g/mol. The van der Waals surface area contributed by atoms with Crippen LogP contribution in [0.25, 0.3) is 22.0 Å². The van der Waals surface area contributed by atoms with E-state index in [1.807, 2.05) is 6.07 Å². The highest BCUT2D eigenvalue weighted by Crippen LogP contribution is 2.30. The Kier molecular flexibility index (Phi) is 4.14. The fraction of sp³-hybridized carbons (Fsp3) is 0. The molecule has 0 unspecified atom stereocenters. The second kappa shape index (κ2) is 6.25. The zero-order valence-electron chi connectivity index (χ0n) is 12.3. The lowest BCUT2D eigenvalue weighted by Gasteiger charge is -2.08. The third-order valence-electron chi connectivity index (χ3n) is 3.42. The topological polar surface area (TPSA) is 94.4 Å². The lowest BCUT2D eigenvalue weighted by Crippen LogP contribution is -2.24. The Balaban J connectivity index is 2.22. The molecule has 1 heterocycles. The predicted octanol–water partition coefficient (Wildman–Crippen LogP) is 3.11. The van der Waals surface area contributed by atoms with Gasteiger partial charge in [-0.2, -0.15) is 4.99 Å². The Morgan fingerprint density at radius 3 is 2.67 bits per heavy atom. The number of amides is 1. The normalized spacial score (nSPS) is 10.6. The molecule has 0 saturated heterocycles. The van der Waals surface area contributed by atoms with E-state index in [0.29, 0.717) is 10.9 Å². The summed E-state index contributed by atoms with van der Waals surface area (Å²) in [6.07, 6.45) is 1.37. The molecule has 0 aliphatic rings. The molecule has 0 saturated carbocycles. The minimum Gasteiger partial charge on any atom is -0.370 e. The Morgan fingerprint density at radius 1 is 1.17 bits per heavy atom. The smallest absolute Gasteiger partial charge is 0.280 e. The van der Waals surface area contributed by atoms with E-state index in [4.69, 9.17) is 23.1 Å². The molecule has 0 spiro atoms. The number of carbonyl (C=O) groups excluding carboxylic acids is 1. The standard InChI is InChI=1S/C17H12ClFN4O/c18-11-7-14(19)15(22-8-11)12-3-1-2-9-4-5-10(6-13(9)12)16(24)23-17(20)21/h1-8H,(H4,20,21,23,24). The van der Waals surface area contributed by atoms with Gasteiger partial charge in [-0.1, -0.05) is 35.9 Å². The molecule has 4 N–H and O–H groups in total. The first-order valence-corrected chi connectivity index (χ1v) is 7.31. The molecule has 5 nitrogen and oxygen atoms in total. The molecule has 0 fully saturated rings. The van der Waals surface area contributed by atoms with Crippen molar-refractivity contribution in [3.05, 3.63) is 65.1 Å². The molecule has 7 heteroatoms. The van der Waals surface area contributed by atoms with Crippen molar-refractivity contribution in [1.29, 1.82) is 0 Å². The summed E-state index contributed by atoms with van der Waals surface area (Å²) in [6, 6.07) is 11.5. The number of aliphatic imine (C=N–C) groups is 1. The van der Waals surface area contributed by atoms with Crippen LogP contribution in [0.15, 0.2) is 53.7 Å². The number of hydrogen-bond donors (Lipinski definition) is 2. The van der Waals surface area contributed by atoms with Crippen molar-refractivity contribution in [2.24, 2.45) is 16.5 Å². The number of hydrogen-bond acceptors (Lipinski definition) is 2. The molecule has 0 radical (unpaired) electrons. The number of nitrogens with two attached hydrogens (primary N) is 2. The molecule has 0 aliphatic carbocycles. The predicted molar refractivity (Wildman–Crippen MR) is 92.3 cm³/mol. The number of carbonyl (C=O) groups is 1. The molecule has 0 aliphatic heterocycles. The number of halogens is 2. The molecular formula is C17H12ClFN4O. The second-order valence-corrected chi connectivity index (χ2v) is 5.50. The van der Waals surface area contributed by atoms with Crippen molar-refractivity contribution in [3.63, 3.8) is 0 Å². The van der Waals surface area contributed by atoms with Crippen LogP contribution in [0, 0.1) is 5.82 Å². The fourth-order valence-corrected chi connectivity index (χ4v) is 2.55. The summed E-state index contributed by atoms with van der Waals surface area (Å²) < 4.78 is 14.2. The summed E-state index contributed by atoms with van der Waals surface area (Å²) in [5.41, 5.74) is 11.4. The lowest BCUT2D eigenvalue weighted by molar-refractivity contribution is 0.100. The van der Waals surface area contributed by atoms with Crippen molar-refractivity contribution in [3.8, 4) is 11.3 Å². The number of rotatable bonds is 2. The van der Waals surface area contributed by atoms with Crippen molar-refractivity contribution in [2.75, 3.05) is 0 Å². The Bertz CT molecular complexity index is 983. The molecule has 2 aromatic carbocycles. The van der Waals surface area contributed by atoms with Gasteiger partial charge in [-0.05, 0) is 29.0 Å². The van der Waals surface area contributed by atoms with Crippen molar-refractivity contribution in [2.45, 2.75) is 0 Å². The molecule has 3 rings (SSSR count). The minimum atomic E-state index is -0.573. The molecule has 120 valence electrons. The molecule has 0 atom stereocenters. The van der Waals surface area contributed by atoms with Gasteiger partial charge in [-0.3, -0.25) is 9.78 Å². The molecule has 24 heavy (non-hydrogen) atoms. The molecule has 1 aromatic heterocycles. The Morgan fingerprint density at radius 2 is 1.96 bits per heavy atom. The largest absolute Gasteiger partial charge is 0.370 e. The van der Waals surface area contributed by atoms with Crippen LogP contribution >= 0.6 is 11.6 Å². The van der Waals surface area contributed by atoms with Crippen LogP contribution in [-0.4, -0.2) is 16.9 Å². The van der Waals surface area contributed by atoms with Crippen molar-refractivity contribution >= 4 is 34.2 Å². The first-order valence-electron chi connectivity index (χ1n) is 6.94. The van der Waals surface area contributed by atoms with Crippen molar-refractivity contribution in [1.82, 2.24) is 4.98 Å². The van der Waals surface area contributed by atoms with E-state index in [0.717, 1.165) is 5.39 Å². The zero-order chi connectivity index (χ0) is 17.3. The molecule has 0 bridgehead atoms. The quantitative estimate of drug-likeness (QED) is 0.552. The van der Waals surface area contributed by atoms with E-state index in [2.05, 4.69) is 9.98 Å². The van der Waals surface area contributed by atoms with Gasteiger partial charge in [0.2, 0.25) is 0 Å². The van der Waals surface area contributed by atoms with Crippen LogP contribution < -0.4 is 11.5 Å². The minimum absolute atomic E-state index is 0.149. The summed E-state index contributed by atoms with van der Waals surface area (Å²) in [5.74, 6) is -1.44. The van der Waals surface area contributed by atoms with Crippen LogP contribution in [0.4, 0.5) is 4.39 Å². The number of nitrogens with zero attached hydrogens (tertiary/aromatic N) is 2. The van der Waals surface area contributed by atoms with Crippen LogP contribution in [0.1, 0.15) is 10.4 Å². The highest BCUT2D eigenvalue weighted by molar-refractivity contribution is 6.30. The van der Waals surface area contributed by atoms with E-state index in [9.17, 15) is 9.18 Å². The van der Waals surface area contributed by atoms with Gasteiger partial charge in [0.05, 0.1) is 5.02 Å². The number of pyridine rings is 1. The lowest BCUT2D eigenvalue weighted by atomic mass is 9.99. The van der Waals surface area contributed by atoms with E-state index >= 15 is 0 Å². The summed E-state index contributed by atoms with van der Waals surface area (Å²) in [4.78, 5) is 19.6. The molecule has 1 amide bonds.